The van der Waals surface area contributed by atoms with Crippen LogP contribution in [0.15, 0.2) is 54.7 Å². The van der Waals surface area contributed by atoms with Gasteiger partial charge in [0, 0.05) is 63.2 Å². The first-order valence-corrected chi connectivity index (χ1v) is 13.5. The van der Waals surface area contributed by atoms with Crippen LogP contribution in [-0.2, 0) is 24.1 Å². The number of pyridine rings is 1. The van der Waals surface area contributed by atoms with Gasteiger partial charge >= 0.3 is 6.18 Å². The number of benzene rings is 1. The van der Waals surface area contributed by atoms with Crippen LogP contribution in [0.4, 0.5) is 24.7 Å². The Morgan fingerprint density at radius 1 is 0.950 bits per heavy atom. The molecule has 0 spiro atoms. The van der Waals surface area contributed by atoms with Gasteiger partial charge in [-0.3, -0.25) is 9.78 Å². The van der Waals surface area contributed by atoms with Crippen molar-refractivity contribution in [1.29, 1.82) is 0 Å². The topological polar surface area (TPSA) is 83.5 Å². The van der Waals surface area contributed by atoms with Crippen molar-refractivity contribution in [2.24, 2.45) is 23.7 Å². The number of hydrogen-bond acceptors (Lipinski definition) is 7. The Hall–Kier alpha value is -3.89. The Morgan fingerprint density at radius 2 is 1.65 bits per heavy atom. The second kappa shape index (κ2) is 10.6. The number of anilines is 2. The number of aromatic nitrogens is 3. The van der Waals surface area contributed by atoms with Gasteiger partial charge in [0.05, 0.1) is 0 Å². The van der Waals surface area contributed by atoms with Crippen molar-refractivity contribution in [3.05, 3.63) is 71.5 Å². The molecule has 3 aromatic rings. The van der Waals surface area contributed by atoms with Crippen molar-refractivity contribution in [1.82, 2.24) is 20.1 Å². The lowest BCUT2D eigenvalue weighted by Crippen LogP contribution is -2.40. The van der Waals surface area contributed by atoms with Gasteiger partial charge in [0.15, 0.2) is 0 Å². The highest BCUT2D eigenvalue weighted by molar-refractivity contribution is 5.73. The molecule has 1 aromatic carbocycles. The predicted molar refractivity (Wildman–Crippen MR) is 142 cm³/mol. The van der Waals surface area contributed by atoms with Gasteiger partial charge in [-0.1, -0.05) is 18.2 Å². The van der Waals surface area contributed by atoms with Gasteiger partial charge in [-0.2, -0.15) is 13.2 Å². The van der Waals surface area contributed by atoms with Crippen LogP contribution in [-0.4, -0.2) is 52.2 Å². The number of rotatable bonds is 7. The summed E-state index contributed by atoms with van der Waals surface area (Å²) >= 11 is 0. The average Bonchev–Trinajstić information content (AvgIpc) is 3.50. The monoisotopic (exact) mass is 552 g/mol. The summed E-state index contributed by atoms with van der Waals surface area (Å²) in [6.07, 6.45) is -2.04. The summed E-state index contributed by atoms with van der Waals surface area (Å²) in [6.45, 7) is 6.27. The van der Waals surface area contributed by atoms with Gasteiger partial charge in [-0.25, -0.2) is 0 Å². The third kappa shape index (κ3) is 5.55. The molecular weight excluding hydrogens is 521 g/mol. The van der Waals surface area contributed by atoms with Crippen molar-refractivity contribution < 1.29 is 22.7 Å². The van der Waals surface area contributed by atoms with E-state index in [1.54, 1.807) is 19.1 Å². The van der Waals surface area contributed by atoms with E-state index in [2.05, 4.69) is 49.7 Å². The molecule has 1 amide bonds. The first kappa shape index (κ1) is 26.3. The molecule has 8 nitrogen and oxygen atoms in total. The van der Waals surface area contributed by atoms with Gasteiger partial charge in [-0.15, -0.1) is 10.2 Å². The largest absolute Gasteiger partial charge is 0.472 e. The maximum atomic E-state index is 12.6. The maximum Gasteiger partial charge on any atom is 0.433 e. The van der Waals surface area contributed by atoms with Crippen LogP contribution >= 0.6 is 0 Å². The highest BCUT2D eigenvalue weighted by Gasteiger charge is 2.51. The molecule has 4 heterocycles. The van der Waals surface area contributed by atoms with Gasteiger partial charge < -0.3 is 19.9 Å². The minimum atomic E-state index is -4.47. The number of nitrogens with zero attached hydrogens (tertiary/aromatic N) is 5. The SMILES string of the molecule is CC(=O)N1C[C@@H]2[C@H]3C[C@@H](CN(c4ccc(CNc5ccc(OCc6ccc(C(F)(F)F)nc6)nn5)cc4)C3)[C@@H]2C1. The summed E-state index contributed by atoms with van der Waals surface area (Å²) in [4.78, 5) is 19.8. The molecular formula is C29H31F3N6O2. The second-order valence-corrected chi connectivity index (χ2v) is 11.0. The van der Waals surface area contributed by atoms with Crippen molar-refractivity contribution >= 4 is 17.4 Å². The Balaban J connectivity index is 0.976. The van der Waals surface area contributed by atoms with E-state index in [4.69, 9.17) is 4.74 Å². The summed E-state index contributed by atoms with van der Waals surface area (Å²) in [5, 5.41) is 11.4. The van der Waals surface area contributed by atoms with Gasteiger partial charge in [0.25, 0.3) is 0 Å². The lowest BCUT2D eigenvalue weighted by atomic mass is 9.92. The Kier molecular flexibility index (Phi) is 6.97. The maximum absolute atomic E-state index is 12.6. The summed E-state index contributed by atoms with van der Waals surface area (Å²) in [5.41, 5.74) is 1.92. The van der Waals surface area contributed by atoms with Crippen molar-refractivity contribution in [2.45, 2.75) is 32.7 Å². The first-order chi connectivity index (χ1) is 19.2. The molecule has 0 unspecified atom stereocenters. The second-order valence-electron chi connectivity index (χ2n) is 11.0. The third-order valence-electron chi connectivity index (χ3n) is 8.50. The molecule has 2 aromatic heterocycles. The van der Waals surface area contributed by atoms with E-state index in [1.807, 2.05) is 4.90 Å². The summed E-state index contributed by atoms with van der Waals surface area (Å²) in [7, 11) is 0. The molecule has 2 aliphatic heterocycles. The fourth-order valence-electron chi connectivity index (χ4n) is 6.46. The number of amides is 1. The number of alkyl halides is 3. The lowest BCUT2D eigenvalue weighted by Gasteiger charge is -2.36. The number of ether oxygens (including phenoxy) is 1. The number of fused-ring (bicyclic) bond motifs is 5. The number of nitrogens with one attached hydrogen (secondary N) is 1. The molecule has 2 bridgehead atoms. The zero-order valence-corrected chi connectivity index (χ0v) is 22.1. The molecule has 4 atom stereocenters. The number of piperidine rings is 1. The molecule has 1 aliphatic carbocycles. The highest BCUT2D eigenvalue weighted by Crippen LogP contribution is 2.50. The zero-order chi connectivity index (χ0) is 27.9. The van der Waals surface area contributed by atoms with Gasteiger partial charge in [-0.05, 0) is 59.9 Å². The van der Waals surface area contributed by atoms with Crippen molar-refractivity contribution in [3.8, 4) is 5.88 Å². The molecule has 6 rings (SSSR count). The molecule has 1 saturated carbocycles. The molecule has 2 saturated heterocycles. The van der Waals surface area contributed by atoms with Gasteiger partial charge in [0.1, 0.15) is 18.1 Å². The van der Waals surface area contributed by atoms with E-state index in [9.17, 15) is 18.0 Å². The number of hydrogen-bond donors (Lipinski definition) is 1. The summed E-state index contributed by atoms with van der Waals surface area (Å²) in [5.74, 6) is 3.66. The first-order valence-electron chi connectivity index (χ1n) is 13.5. The molecule has 3 aliphatic rings. The highest BCUT2D eigenvalue weighted by atomic mass is 19.4. The number of carbonyl (C=O) groups is 1. The average molecular weight is 553 g/mol. The van der Waals surface area contributed by atoms with Crippen molar-refractivity contribution in [2.75, 3.05) is 36.4 Å². The number of halogens is 3. The molecule has 210 valence electrons. The molecule has 1 N–H and O–H groups in total. The fourth-order valence-corrected chi connectivity index (χ4v) is 6.46. The minimum absolute atomic E-state index is 0.0373. The van der Waals surface area contributed by atoms with Crippen LogP contribution < -0.4 is 15.0 Å². The van der Waals surface area contributed by atoms with Crippen LogP contribution in [0.1, 0.15) is 30.2 Å². The van der Waals surface area contributed by atoms with Crippen LogP contribution in [0, 0.1) is 23.7 Å². The normalized spacial score (nSPS) is 23.7. The van der Waals surface area contributed by atoms with Crippen LogP contribution in [0.25, 0.3) is 0 Å². The summed E-state index contributed by atoms with van der Waals surface area (Å²) in [6, 6.07) is 14.3. The quantitative estimate of drug-likeness (QED) is 0.458. The summed E-state index contributed by atoms with van der Waals surface area (Å²) < 4.78 is 43.4. The predicted octanol–water partition coefficient (Wildman–Crippen LogP) is 4.63. The van der Waals surface area contributed by atoms with E-state index in [-0.39, 0.29) is 18.4 Å². The Morgan fingerprint density at radius 3 is 2.23 bits per heavy atom. The molecule has 3 fully saturated rings. The van der Waals surface area contributed by atoms with Crippen molar-refractivity contribution in [3.63, 3.8) is 0 Å². The fraction of sp³-hybridized carbons (Fsp3) is 0.448. The molecule has 11 heteroatoms. The van der Waals surface area contributed by atoms with E-state index in [0.29, 0.717) is 41.6 Å². The Labute approximate surface area is 230 Å². The number of likely N-dealkylation sites (tertiary alicyclic amines) is 1. The molecule has 40 heavy (non-hydrogen) atoms. The Bertz CT molecular complexity index is 1310. The standard InChI is InChI=1S/C29H31F3N6O2/c1-18(39)37-15-24-21-10-22(25(24)16-37)14-38(13-21)23-5-2-19(3-6-23)11-34-27-8-9-28(36-35-27)40-17-20-4-7-26(33-12-20)29(30,31)32/h2-9,12,21-22,24-25H,10-11,13-17H2,1H3,(H,34,35)/t21-,22-,24-,25+/m0/s1. The van der Waals surface area contributed by atoms with E-state index < -0.39 is 11.9 Å². The van der Waals surface area contributed by atoms with E-state index in [1.165, 1.54) is 18.2 Å². The zero-order valence-electron chi connectivity index (χ0n) is 22.1. The third-order valence-corrected chi connectivity index (χ3v) is 8.50. The minimum Gasteiger partial charge on any atom is -0.472 e. The smallest absolute Gasteiger partial charge is 0.433 e. The molecule has 0 radical (unpaired) electrons. The van der Waals surface area contributed by atoms with E-state index >= 15 is 0 Å². The number of carbonyl (C=O) groups excluding carboxylic acids is 1. The van der Waals surface area contributed by atoms with Gasteiger partial charge in [0.2, 0.25) is 11.8 Å². The van der Waals surface area contributed by atoms with Crippen LogP contribution in [0.2, 0.25) is 0 Å². The van der Waals surface area contributed by atoms with E-state index in [0.717, 1.165) is 44.0 Å². The lowest BCUT2D eigenvalue weighted by molar-refractivity contribution is -0.141. The van der Waals surface area contributed by atoms with Crippen LogP contribution in [0.3, 0.4) is 0 Å². The van der Waals surface area contributed by atoms with Crippen LogP contribution in [0.5, 0.6) is 5.88 Å².